The Morgan fingerprint density at radius 1 is 1.12 bits per heavy atom. The molecule has 2 aromatic rings. The Morgan fingerprint density at radius 3 is 2.42 bits per heavy atom. The zero-order valence-corrected chi connectivity index (χ0v) is 13.4. The van der Waals surface area contributed by atoms with Gasteiger partial charge in [-0.1, -0.05) is 12.1 Å². The molecule has 0 aliphatic rings. The van der Waals surface area contributed by atoms with E-state index in [1.165, 1.54) is 23.9 Å². The fourth-order valence-electron chi connectivity index (χ4n) is 1.82. The van der Waals surface area contributed by atoms with E-state index in [2.05, 4.69) is 10.1 Å². The Labute approximate surface area is 141 Å². The molecule has 0 aliphatic carbocycles. The number of carbonyl (C=O) groups excluding carboxylic acids is 1. The monoisotopic (exact) mass is 357 g/mol. The number of amides is 1. The number of rotatable bonds is 6. The summed E-state index contributed by atoms with van der Waals surface area (Å²) in [5.41, 5.74) is 0.384. The van der Waals surface area contributed by atoms with Crippen LogP contribution in [0.3, 0.4) is 0 Å². The molecule has 0 unspecified atom stereocenters. The third kappa shape index (κ3) is 5.69. The van der Waals surface area contributed by atoms with Crippen molar-refractivity contribution in [1.82, 2.24) is 0 Å². The number of ether oxygens (including phenoxy) is 2. The van der Waals surface area contributed by atoms with Gasteiger partial charge in [0, 0.05) is 10.6 Å². The number of alkyl halides is 3. The molecule has 8 heteroatoms. The van der Waals surface area contributed by atoms with Crippen molar-refractivity contribution in [2.45, 2.75) is 11.3 Å². The van der Waals surface area contributed by atoms with Gasteiger partial charge >= 0.3 is 6.36 Å². The predicted octanol–water partition coefficient (Wildman–Crippen LogP) is 4.32. The molecular formula is C16H14F3NO3S. The number of carbonyl (C=O) groups is 1. The first kappa shape index (κ1) is 18.0. The number of hydrogen-bond donors (Lipinski definition) is 1. The SMILES string of the molecule is COc1ccccc1SCC(=O)Nc1ccc(OC(F)(F)F)cc1. The van der Waals surface area contributed by atoms with Gasteiger partial charge in [0.1, 0.15) is 11.5 Å². The summed E-state index contributed by atoms with van der Waals surface area (Å²) in [4.78, 5) is 12.7. The Hall–Kier alpha value is -2.35. The molecule has 0 saturated heterocycles. The number of halogens is 3. The zero-order valence-electron chi connectivity index (χ0n) is 12.6. The molecule has 0 bridgehead atoms. The lowest BCUT2D eigenvalue weighted by Gasteiger charge is -2.10. The summed E-state index contributed by atoms with van der Waals surface area (Å²) < 4.78 is 45.2. The van der Waals surface area contributed by atoms with Crippen molar-refractivity contribution in [3.05, 3.63) is 48.5 Å². The topological polar surface area (TPSA) is 47.6 Å². The maximum atomic E-state index is 12.1. The van der Waals surface area contributed by atoms with Crippen LogP contribution in [0.1, 0.15) is 0 Å². The Bertz CT molecular complexity index is 690. The average molecular weight is 357 g/mol. The second kappa shape index (κ2) is 7.96. The molecule has 0 spiro atoms. The molecule has 1 N–H and O–H groups in total. The molecular weight excluding hydrogens is 343 g/mol. The standard InChI is InChI=1S/C16H14F3NO3S/c1-22-13-4-2-3-5-14(13)24-10-15(21)20-11-6-8-12(9-7-11)23-16(17,18)19/h2-9H,10H2,1H3,(H,20,21). The quantitative estimate of drug-likeness (QED) is 0.782. The minimum Gasteiger partial charge on any atom is -0.496 e. The first-order chi connectivity index (χ1) is 11.4. The third-order valence-electron chi connectivity index (χ3n) is 2.80. The number of hydrogen-bond acceptors (Lipinski definition) is 4. The first-order valence-electron chi connectivity index (χ1n) is 6.79. The van der Waals surface area contributed by atoms with Crippen LogP contribution in [-0.2, 0) is 4.79 Å². The summed E-state index contributed by atoms with van der Waals surface area (Å²) in [6, 6.07) is 12.2. The lowest BCUT2D eigenvalue weighted by molar-refractivity contribution is -0.274. The molecule has 1 amide bonds. The van der Waals surface area contributed by atoms with E-state index in [0.29, 0.717) is 11.4 Å². The van der Waals surface area contributed by atoms with E-state index < -0.39 is 6.36 Å². The van der Waals surface area contributed by atoms with Crippen molar-refractivity contribution in [3.8, 4) is 11.5 Å². The largest absolute Gasteiger partial charge is 0.573 e. The van der Waals surface area contributed by atoms with Crippen LogP contribution in [-0.4, -0.2) is 25.1 Å². The van der Waals surface area contributed by atoms with Gasteiger partial charge in [0.05, 0.1) is 12.9 Å². The molecule has 0 aliphatic heterocycles. The maximum Gasteiger partial charge on any atom is 0.573 e. The van der Waals surface area contributed by atoms with Crippen LogP contribution in [0.25, 0.3) is 0 Å². The van der Waals surface area contributed by atoms with Gasteiger partial charge in [-0.25, -0.2) is 0 Å². The van der Waals surface area contributed by atoms with Gasteiger partial charge in [-0.3, -0.25) is 4.79 Å². The molecule has 0 radical (unpaired) electrons. The predicted molar refractivity (Wildman–Crippen MR) is 85.5 cm³/mol. The Kier molecular flexibility index (Phi) is 5.97. The number of para-hydroxylation sites is 1. The molecule has 4 nitrogen and oxygen atoms in total. The van der Waals surface area contributed by atoms with Crippen LogP contribution in [0.5, 0.6) is 11.5 Å². The minimum absolute atomic E-state index is 0.140. The van der Waals surface area contributed by atoms with E-state index in [1.54, 1.807) is 13.2 Å². The highest BCUT2D eigenvalue weighted by atomic mass is 32.2. The number of thioether (sulfide) groups is 1. The van der Waals surface area contributed by atoms with E-state index in [-0.39, 0.29) is 17.4 Å². The van der Waals surface area contributed by atoms with E-state index in [4.69, 9.17) is 4.74 Å². The molecule has 2 aromatic carbocycles. The van der Waals surface area contributed by atoms with E-state index in [1.807, 2.05) is 18.2 Å². The second-order valence-electron chi connectivity index (χ2n) is 4.56. The summed E-state index contributed by atoms with van der Waals surface area (Å²) in [6.07, 6.45) is -4.74. The number of anilines is 1. The Morgan fingerprint density at radius 2 is 1.79 bits per heavy atom. The van der Waals surface area contributed by atoms with Crippen LogP contribution in [0.4, 0.5) is 18.9 Å². The summed E-state index contributed by atoms with van der Waals surface area (Å²) in [5.74, 6) is 0.185. The molecule has 24 heavy (non-hydrogen) atoms. The van der Waals surface area contributed by atoms with Gasteiger partial charge in [0.25, 0.3) is 0 Å². The van der Waals surface area contributed by atoms with Crippen LogP contribution >= 0.6 is 11.8 Å². The van der Waals surface area contributed by atoms with E-state index in [9.17, 15) is 18.0 Å². The fraction of sp³-hybridized carbons (Fsp3) is 0.188. The van der Waals surface area contributed by atoms with Gasteiger partial charge in [0.15, 0.2) is 0 Å². The highest BCUT2D eigenvalue weighted by molar-refractivity contribution is 8.00. The van der Waals surface area contributed by atoms with Crippen molar-refractivity contribution >= 4 is 23.4 Å². The molecule has 0 atom stereocenters. The fourth-order valence-corrected chi connectivity index (χ4v) is 2.65. The lowest BCUT2D eigenvalue weighted by Crippen LogP contribution is -2.17. The second-order valence-corrected chi connectivity index (χ2v) is 5.58. The number of benzene rings is 2. The van der Waals surface area contributed by atoms with Crippen LogP contribution in [0, 0.1) is 0 Å². The van der Waals surface area contributed by atoms with Gasteiger partial charge < -0.3 is 14.8 Å². The lowest BCUT2D eigenvalue weighted by atomic mass is 10.3. The minimum atomic E-state index is -4.74. The summed E-state index contributed by atoms with van der Waals surface area (Å²) in [7, 11) is 1.55. The van der Waals surface area contributed by atoms with E-state index in [0.717, 1.165) is 17.0 Å². The molecule has 2 rings (SSSR count). The first-order valence-corrected chi connectivity index (χ1v) is 7.77. The van der Waals surface area contributed by atoms with Crippen molar-refractivity contribution in [2.24, 2.45) is 0 Å². The van der Waals surface area contributed by atoms with Crippen LogP contribution in [0.2, 0.25) is 0 Å². The summed E-state index contributed by atoms with van der Waals surface area (Å²) in [5, 5.41) is 2.60. The molecule has 0 fully saturated rings. The smallest absolute Gasteiger partial charge is 0.496 e. The van der Waals surface area contributed by atoms with Gasteiger partial charge in [-0.05, 0) is 36.4 Å². The highest BCUT2D eigenvalue weighted by Crippen LogP contribution is 2.29. The van der Waals surface area contributed by atoms with Crippen molar-refractivity contribution < 1.29 is 27.4 Å². The van der Waals surface area contributed by atoms with Gasteiger partial charge in [-0.15, -0.1) is 24.9 Å². The third-order valence-corrected chi connectivity index (χ3v) is 3.85. The number of methoxy groups -OCH3 is 1. The zero-order chi connectivity index (χ0) is 17.6. The molecule has 128 valence electrons. The van der Waals surface area contributed by atoms with Crippen molar-refractivity contribution in [1.29, 1.82) is 0 Å². The van der Waals surface area contributed by atoms with Crippen molar-refractivity contribution in [3.63, 3.8) is 0 Å². The normalized spacial score (nSPS) is 11.0. The van der Waals surface area contributed by atoms with Gasteiger partial charge in [0.2, 0.25) is 5.91 Å². The van der Waals surface area contributed by atoms with Crippen LogP contribution in [0.15, 0.2) is 53.4 Å². The highest BCUT2D eigenvalue weighted by Gasteiger charge is 2.30. The molecule has 0 saturated carbocycles. The average Bonchev–Trinajstić information content (AvgIpc) is 2.53. The summed E-state index contributed by atoms with van der Waals surface area (Å²) >= 11 is 1.30. The molecule has 0 heterocycles. The maximum absolute atomic E-state index is 12.1. The van der Waals surface area contributed by atoms with E-state index >= 15 is 0 Å². The molecule has 0 aromatic heterocycles. The summed E-state index contributed by atoms with van der Waals surface area (Å²) in [6.45, 7) is 0. The number of nitrogens with one attached hydrogen (secondary N) is 1. The van der Waals surface area contributed by atoms with Crippen molar-refractivity contribution in [2.75, 3.05) is 18.2 Å². The Balaban J connectivity index is 1.88. The van der Waals surface area contributed by atoms with Crippen LogP contribution < -0.4 is 14.8 Å². The van der Waals surface area contributed by atoms with Gasteiger partial charge in [-0.2, -0.15) is 0 Å².